The summed E-state index contributed by atoms with van der Waals surface area (Å²) in [6.07, 6.45) is 1.25. The van der Waals surface area contributed by atoms with Gasteiger partial charge in [-0.3, -0.25) is 9.59 Å². The highest BCUT2D eigenvalue weighted by Crippen LogP contribution is 2.15. The normalized spacial score (nSPS) is 9.80. The summed E-state index contributed by atoms with van der Waals surface area (Å²) in [6.45, 7) is 1.52. The van der Waals surface area contributed by atoms with Crippen LogP contribution in [0.25, 0.3) is 0 Å². The molecule has 0 aliphatic rings. The lowest BCUT2D eigenvalue weighted by atomic mass is 10.1. The minimum atomic E-state index is -1.09. The lowest BCUT2D eigenvalue weighted by Crippen LogP contribution is -2.09. The molecule has 0 radical (unpaired) electrons. The molecule has 80 valence electrons. The van der Waals surface area contributed by atoms with Crippen LogP contribution in [0.2, 0.25) is 0 Å². The Bertz CT molecular complexity index is 435. The number of halogens is 1. The molecule has 1 heterocycles. The second-order valence-electron chi connectivity index (χ2n) is 2.80. The number of hydrogen-bond donors (Lipinski definition) is 1. The number of rotatable bonds is 3. The summed E-state index contributed by atoms with van der Waals surface area (Å²) >= 11 is 5.04. The SMILES string of the molecule is COC(=O)c1[nH]cc(C(=O)C(=O)Cl)c1C. The molecule has 15 heavy (non-hydrogen) atoms. The van der Waals surface area contributed by atoms with Crippen molar-refractivity contribution < 1.29 is 19.1 Å². The number of aromatic amines is 1. The molecule has 0 bridgehead atoms. The Morgan fingerprint density at radius 3 is 2.47 bits per heavy atom. The second kappa shape index (κ2) is 4.27. The van der Waals surface area contributed by atoms with Gasteiger partial charge in [-0.2, -0.15) is 0 Å². The molecule has 0 saturated carbocycles. The van der Waals surface area contributed by atoms with Crippen molar-refractivity contribution in [2.45, 2.75) is 6.92 Å². The van der Waals surface area contributed by atoms with E-state index in [-0.39, 0.29) is 11.3 Å². The fraction of sp³-hybridized carbons (Fsp3) is 0.222. The second-order valence-corrected chi connectivity index (χ2v) is 3.14. The van der Waals surface area contributed by atoms with Crippen molar-refractivity contribution in [3.63, 3.8) is 0 Å². The van der Waals surface area contributed by atoms with Crippen molar-refractivity contribution in [1.29, 1.82) is 0 Å². The number of Topliss-reactive ketones (excluding diaryl/α,β-unsaturated/α-hetero) is 1. The van der Waals surface area contributed by atoms with Crippen LogP contribution in [0.3, 0.4) is 0 Å². The molecule has 0 atom stereocenters. The zero-order valence-corrected chi connectivity index (χ0v) is 8.84. The molecular weight excluding hydrogens is 222 g/mol. The van der Waals surface area contributed by atoms with E-state index in [1.165, 1.54) is 20.2 Å². The van der Waals surface area contributed by atoms with E-state index in [1.807, 2.05) is 0 Å². The lowest BCUT2D eigenvalue weighted by molar-refractivity contribution is -0.108. The Kier molecular flexibility index (Phi) is 3.26. The van der Waals surface area contributed by atoms with Gasteiger partial charge in [-0.1, -0.05) is 0 Å². The summed E-state index contributed by atoms with van der Waals surface area (Å²) in [5.74, 6) is -1.45. The predicted molar refractivity (Wildman–Crippen MR) is 52.1 cm³/mol. The third kappa shape index (κ3) is 2.07. The molecule has 1 aromatic rings. The average molecular weight is 230 g/mol. The number of methoxy groups -OCH3 is 1. The van der Waals surface area contributed by atoms with E-state index in [2.05, 4.69) is 9.72 Å². The van der Waals surface area contributed by atoms with Crippen LogP contribution in [0.15, 0.2) is 6.20 Å². The maximum Gasteiger partial charge on any atom is 0.354 e. The van der Waals surface area contributed by atoms with E-state index in [9.17, 15) is 14.4 Å². The Morgan fingerprint density at radius 2 is 2.00 bits per heavy atom. The van der Waals surface area contributed by atoms with Crippen LogP contribution in [-0.2, 0) is 9.53 Å². The van der Waals surface area contributed by atoms with Crippen molar-refractivity contribution in [2.24, 2.45) is 0 Å². The Balaban J connectivity index is 3.15. The molecule has 6 heteroatoms. The summed E-state index contributed by atoms with van der Waals surface area (Å²) in [6, 6.07) is 0. The number of nitrogens with one attached hydrogen (secondary N) is 1. The van der Waals surface area contributed by atoms with E-state index < -0.39 is 17.0 Å². The smallest absolute Gasteiger partial charge is 0.354 e. The number of aromatic nitrogens is 1. The zero-order valence-electron chi connectivity index (χ0n) is 8.09. The number of ketones is 1. The molecule has 0 saturated heterocycles. The third-order valence-corrected chi connectivity index (χ3v) is 2.12. The van der Waals surface area contributed by atoms with Gasteiger partial charge in [0.25, 0.3) is 5.24 Å². The van der Waals surface area contributed by atoms with Crippen LogP contribution in [0.5, 0.6) is 0 Å². The van der Waals surface area contributed by atoms with Crippen LogP contribution in [0.4, 0.5) is 0 Å². The van der Waals surface area contributed by atoms with E-state index in [0.29, 0.717) is 5.56 Å². The molecule has 1 rings (SSSR count). The molecule has 0 unspecified atom stereocenters. The zero-order chi connectivity index (χ0) is 11.6. The van der Waals surface area contributed by atoms with E-state index in [0.717, 1.165) is 0 Å². The first-order chi connectivity index (χ1) is 6.99. The summed E-state index contributed by atoms with van der Waals surface area (Å²) < 4.78 is 4.47. The summed E-state index contributed by atoms with van der Waals surface area (Å²) in [4.78, 5) is 35.6. The number of carbonyl (C=O) groups excluding carboxylic acids is 3. The first kappa shape index (κ1) is 11.5. The van der Waals surface area contributed by atoms with Gasteiger partial charge in [0.2, 0.25) is 5.78 Å². The van der Waals surface area contributed by atoms with Gasteiger partial charge in [0, 0.05) is 11.8 Å². The van der Waals surface area contributed by atoms with Crippen LogP contribution in [0, 0.1) is 6.92 Å². The minimum Gasteiger partial charge on any atom is -0.464 e. The molecule has 0 aromatic carbocycles. The first-order valence-corrected chi connectivity index (χ1v) is 4.37. The van der Waals surface area contributed by atoms with Crippen molar-refractivity contribution in [3.8, 4) is 0 Å². The minimum absolute atomic E-state index is 0.0791. The summed E-state index contributed by atoms with van der Waals surface area (Å²) in [7, 11) is 1.22. The topological polar surface area (TPSA) is 76.2 Å². The molecule has 0 fully saturated rings. The van der Waals surface area contributed by atoms with Gasteiger partial charge in [0.1, 0.15) is 5.69 Å². The fourth-order valence-corrected chi connectivity index (χ4v) is 1.25. The van der Waals surface area contributed by atoms with Crippen LogP contribution in [-0.4, -0.2) is 29.1 Å². The molecule has 0 amide bonds. The fourth-order valence-electron chi connectivity index (χ4n) is 1.15. The largest absolute Gasteiger partial charge is 0.464 e. The highest BCUT2D eigenvalue weighted by atomic mass is 35.5. The van der Waals surface area contributed by atoms with Gasteiger partial charge in [-0.05, 0) is 24.1 Å². The predicted octanol–water partition coefficient (Wildman–Crippen LogP) is 1.06. The van der Waals surface area contributed by atoms with Crippen LogP contribution in [0.1, 0.15) is 26.4 Å². The standard InChI is InChI=1S/C9H8ClNO4/c1-4-5(7(12)8(10)13)3-11-6(4)9(14)15-2/h3,11H,1-2H3. The molecule has 5 nitrogen and oxygen atoms in total. The number of carbonyl (C=O) groups is 3. The van der Waals surface area contributed by atoms with Gasteiger partial charge >= 0.3 is 5.97 Å². The molecule has 1 aromatic heterocycles. The van der Waals surface area contributed by atoms with Gasteiger partial charge in [-0.25, -0.2) is 4.79 Å². The van der Waals surface area contributed by atoms with Gasteiger partial charge < -0.3 is 9.72 Å². The third-order valence-electron chi connectivity index (χ3n) is 1.95. The van der Waals surface area contributed by atoms with E-state index >= 15 is 0 Å². The number of ether oxygens (including phenoxy) is 1. The van der Waals surface area contributed by atoms with E-state index in [1.54, 1.807) is 0 Å². The van der Waals surface area contributed by atoms with Crippen molar-refractivity contribution in [3.05, 3.63) is 23.0 Å². The number of esters is 1. The van der Waals surface area contributed by atoms with Gasteiger partial charge in [-0.15, -0.1) is 0 Å². The molecule has 0 spiro atoms. The Labute approximate surface area is 90.4 Å². The summed E-state index contributed by atoms with van der Waals surface area (Å²) in [5.41, 5.74) is 0.565. The maximum absolute atomic E-state index is 11.2. The molecule has 0 aliphatic heterocycles. The monoisotopic (exact) mass is 229 g/mol. The van der Waals surface area contributed by atoms with Crippen molar-refractivity contribution in [2.75, 3.05) is 7.11 Å². The highest BCUT2D eigenvalue weighted by Gasteiger charge is 2.22. The molecule has 1 N–H and O–H groups in total. The van der Waals surface area contributed by atoms with Crippen molar-refractivity contribution >= 4 is 28.6 Å². The molecule has 0 aliphatic carbocycles. The maximum atomic E-state index is 11.2. The number of hydrogen-bond acceptors (Lipinski definition) is 4. The molecular formula is C9H8ClNO4. The van der Waals surface area contributed by atoms with E-state index in [4.69, 9.17) is 11.6 Å². The Hall–Kier alpha value is -1.62. The van der Waals surface area contributed by atoms with Crippen LogP contribution < -0.4 is 0 Å². The quantitative estimate of drug-likeness (QED) is 0.364. The summed E-state index contributed by atoms with van der Waals surface area (Å²) in [5, 5.41) is -1.09. The van der Waals surface area contributed by atoms with Gasteiger partial charge in [0.05, 0.1) is 7.11 Å². The van der Waals surface area contributed by atoms with Gasteiger partial charge in [0.15, 0.2) is 0 Å². The van der Waals surface area contributed by atoms with Crippen molar-refractivity contribution in [1.82, 2.24) is 4.98 Å². The number of H-pyrrole nitrogens is 1. The highest BCUT2D eigenvalue weighted by molar-refractivity contribution is 6.83. The Morgan fingerprint density at radius 1 is 1.40 bits per heavy atom. The van der Waals surface area contributed by atoms with Crippen LogP contribution >= 0.6 is 11.6 Å². The lowest BCUT2D eigenvalue weighted by Gasteiger charge is -1.97. The first-order valence-electron chi connectivity index (χ1n) is 3.99. The average Bonchev–Trinajstić information content (AvgIpc) is 2.57.